The lowest BCUT2D eigenvalue weighted by molar-refractivity contribution is 0.557. The summed E-state index contributed by atoms with van der Waals surface area (Å²) in [6.45, 7) is 4.64. The maximum absolute atomic E-state index is 12.2. The number of hydrogen-bond donors (Lipinski definition) is 2. The van der Waals surface area contributed by atoms with Crippen molar-refractivity contribution in [3.05, 3.63) is 11.5 Å². The summed E-state index contributed by atoms with van der Waals surface area (Å²) in [5.74, 6) is 0.639. The third-order valence-corrected chi connectivity index (χ3v) is 5.66. The predicted octanol–water partition coefficient (Wildman–Crippen LogP) is 1.08. The van der Waals surface area contributed by atoms with Crippen LogP contribution in [0, 0.1) is 0 Å². The van der Waals surface area contributed by atoms with Crippen LogP contribution >= 0.6 is 11.6 Å². The number of nitrogens with one attached hydrogen (secondary N) is 2. The molecule has 1 aliphatic rings. The fourth-order valence-electron chi connectivity index (χ4n) is 2.41. The lowest BCUT2D eigenvalue weighted by Crippen LogP contribution is -2.39. The number of halogens is 1. The van der Waals surface area contributed by atoms with Gasteiger partial charge >= 0.3 is 0 Å². The van der Waals surface area contributed by atoms with Crippen molar-refractivity contribution in [2.75, 3.05) is 30.4 Å². The summed E-state index contributed by atoms with van der Waals surface area (Å²) in [7, 11) is -1.58. The second-order valence-corrected chi connectivity index (χ2v) is 7.64. The maximum Gasteiger partial charge on any atom is 0.216 e. The van der Waals surface area contributed by atoms with E-state index in [9.17, 15) is 8.42 Å². The van der Waals surface area contributed by atoms with E-state index in [2.05, 4.69) is 20.0 Å². The summed E-state index contributed by atoms with van der Waals surface area (Å²) in [5.41, 5.74) is 0.619. The van der Waals surface area contributed by atoms with Crippen LogP contribution in [0.2, 0.25) is 5.15 Å². The molecule has 2 rings (SSSR count). The van der Waals surface area contributed by atoms with Crippen molar-refractivity contribution in [1.29, 1.82) is 0 Å². The Hall–Kier alpha value is -1.12. The molecular weight excluding hydrogens is 314 g/mol. The van der Waals surface area contributed by atoms with Gasteiger partial charge in [0.1, 0.15) is 12.0 Å². The summed E-state index contributed by atoms with van der Waals surface area (Å²) in [6, 6.07) is -0.106. The number of aromatic nitrogens is 2. The van der Waals surface area contributed by atoms with Crippen molar-refractivity contribution in [3.8, 4) is 0 Å². The van der Waals surface area contributed by atoms with Crippen molar-refractivity contribution >= 4 is 33.1 Å². The summed E-state index contributed by atoms with van der Waals surface area (Å²) >= 11 is 6.03. The van der Waals surface area contributed by atoms with Gasteiger partial charge in [-0.05, 0) is 20.3 Å². The van der Waals surface area contributed by atoms with Crippen molar-refractivity contribution < 1.29 is 8.42 Å². The molecule has 21 heavy (non-hydrogen) atoms. The summed E-state index contributed by atoms with van der Waals surface area (Å²) < 4.78 is 27.1. The third-order valence-electron chi connectivity index (χ3n) is 3.31. The minimum Gasteiger partial charge on any atom is -0.383 e. The smallest absolute Gasteiger partial charge is 0.216 e. The van der Waals surface area contributed by atoms with E-state index in [1.165, 1.54) is 6.33 Å². The molecule has 0 bridgehead atoms. The van der Waals surface area contributed by atoms with Crippen LogP contribution in [0.1, 0.15) is 20.3 Å². The van der Waals surface area contributed by atoms with Gasteiger partial charge in [0, 0.05) is 26.2 Å². The van der Waals surface area contributed by atoms with Crippen LogP contribution in [-0.4, -0.2) is 49.8 Å². The Labute approximate surface area is 130 Å². The van der Waals surface area contributed by atoms with Crippen molar-refractivity contribution in [3.63, 3.8) is 0 Å². The molecule has 118 valence electrons. The van der Waals surface area contributed by atoms with Gasteiger partial charge in [0.05, 0.1) is 5.25 Å². The monoisotopic (exact) mass is 333 g/mol. The number of nitrogens with zero attached hydrogens (tertiary/aromatic N) is 3. The zero-order chi connectivity index (χ0) is 15.6. The topological polar surface area (TPSA) is 87.2 Å². The number of rotatable bonds is 5. The molecule has 9 heteroatoms. The number of anilines is 2. The molecule has 1 aromatic rings. The second-order valence-electron chi connectivity index (χ2n) is 5.29. The Bertz CT molecular complexity index is 608. The SMILES string of the molecule is CNc1c(Cl)ncnc1N1CCC(S(=O)(=O)NC(C)C)C1. The van der Waals surface area contributed by atoms with Gasteiger partial charge in [-0.1, -0.05) is 11.6 Å². The van der Waals surface area contributed by atoms with Gasteiger partial charge < -0.3 is 10.2 Å². The average Bonchev–Trinajstić information content (AvgIpc) is 2.87. The highest BCUT2D eigenvalue weighted by molar-refractivity contribution is 7.90. The van der Waals surface area contributed by atoms with E-state index < -0.39 is 15.3 Å². The quantitative estimate of drug-likeness (QED) is 0.784. The van der Waals surface area contributed by atoms with E-state index in [1.54, 1.807) is 7.05 Å². The molecule has 1 atom stereocenters. The molecule has 0 aliphatic carbocycles. The molecule has 1 aromatic heterocycles. The summed E-state index contributed by atoms with van der Waals surface area (Å²) in [4.78, 5) is 10.1. The van der Waals surface area contributed by atoms with Crippen LogP contribution in [0.4, 0.5) is 11.5 Å². The van der Waals surface area contributed by atoms with E-state index in [0.717, 1.165) is 0 Å². The highest BCUT2D eigenvalue weighted by Crippen LogP contribution is 2.31. The van der Waals surface area contributed by atoms with Crippen molar-refractivity contribution in [1.82, 2.24) is 14.7 Å². The maximum atomic E-state index is 12.2. The molecule has 2 heterocycles. The molecule has 2 N–H and O–H groups in total. The molecule has 0 aromatic carbocycles. The predicted molar refractivity (Wildman–Crippen MR) is 84.4 cm³/mol. The normalized spacial score (nSPS) is 19.3. The Kier molecular flexibility index (Phi) is 4.90. The Morgan fingerprint density at radius 2 is 2.14 bits per heavy atom. The van der Waals surface area contributed by atoms with Gasteiger partial charge in [-0.25, -0.2) is 23.1 Å². The highest BCUT2D eigenvalue weighted by atomic mass is 35.5. The molecule has 7 nitrogen and oxygen atoms in total. The lowest BCUT2D eigenvalue weighted by atomic mass is 10.4. The van der Waals surface area contributed by atoms with Gasteiger partial charge in [0.15, 0.2) is 11.0 Å². The average molecular weight is 334 g/mol. The zero-order valence-electron chi connectivity index (χ0n) is 12.3. The first-order chi connectivity index (χ1) is 9.85. The van der Waals surface area contributed by atoms with Crippen LogP contribution in [0.5, 0.6) is 0 Å². The third kappa shape index (κ3) is 3.56. The molecule has 0 radical (unpaired) electrons. The van der Waals surface area contributed by atoms with Crippen molar-refractivity contribution in [2.24, 2.45) is 0 Å². The van der Waals surface area contributed by atoms with Gasteiger partial charge in [-0.15, -0.1) is 0 Å². The van der Waals surface area contributed by atoms with E-state index >= 15 is 0 Å². The molecular formula is C12H20ClN5O2S. The molecule has 1 fully saturated rings. The van der Waals surface area contributed by atoms with E-state index in [-0.39, 0.29) is 6.04 Å². The van der Waals surface area contributed by atoms with Gasteiger partial charge in [-0.3, -0.25) is 0 Å². The van der Waals surface area contributed by atoms with Gasteiger partial charge in [0.2, 0.25) is 10.0 Å². The first kappa shape index (κ1) is 16.3. The number of hydrogen-bond acceptors (Lipinski definition) is 6. The van der Waals surface area contributed by atoms with Crippen LogP contribution < -0.4 is 14.9 Å². The van der Waals surface area contributed by atoms with E-state index in [4.69, 9.17) is 11.6 Å². The van der Waals surface area contributed by atoms with Crippen LogP contribution in [0.15, 0.2) is 6.33 Å². The van der Waals surface area contributed by atoms with Gasteiger partial charge in [0.25, 0.3) is 0 Å². The first-order valence-corrected chi connectivity index (χ1v) is 8.72. The summed E-state index contributed by atoms with van der Waals surface area (Å²) in [5, 5.41) is 2.84. The molecule has 0 amide bonds. The number of sulfonamides is 1. The van der Waals surface area contributed by atoms with E-state index in [0.29, 0.717) is 36.2 Å². The minimum absolute atomic E-state index is 0.106. The van der Waals surface area contributed by atoms with E-state index in [1.807, 2.05) is 18.7 Å². The zero-order valence-corrected chi connectivity index (χ0v) is 13.9. The molecule has 1 saturated heterocycles. The van der Waals surface area contributed by atoms with Crippen LogP contribution in [-0.2, 0) is 10.0 Å². The standard InChI is InChI=1S/C12H20ClN5O2S/c1-8(2)17-21(19,20)9-4-5-18(6-9)12-10(14-3)11(13)15-7-16-12/h7-9,14,17H,4-6H2,1-3H3. The van der Waals surface area contributed by atoms with Crippen molar-refractivity contribution in [2.45, 2.75) is 31.6 Å². The van der Waals surface area contributed by atoms with Gasteiger partial charge in [-0.2, -0.15) is 0 Å². The fourth-order valence-corrected chi connectivity index (χ4v) is 4.27. The Morgan fingerprint density at radius 3 is 2.76 bits per heavy atom. The first-order valence-electron chi connectivity index (χ1n) is 6.79. The Balaban J connectivity index is 2.18. The molecule has 1 aliphatic heterocycles. The van der Waals surface area contributed by atoms with Crippen LogP contribution in [0.3, 0.4) is 0 Å². The second kappa shape index (κ2) is 6.33. The molecule has 0 saturated carbocycles. The Morgan fingerprint density at radius 1 is 1.43 bits per heavy atom. The highest BCUT2D eigenvalue weighted by Gasteiger charge is 2.35. The fraction of sp³-hybridized carbons (Fsp3) is 0.667. The summed E-state index contributed by atoms with van der Waals surface area (Å²) in [6.07, 6.45) is 1.94. The minimum atomic E-state index is -3.32. The lowest BCUT2D eigenvalue weighted by Gasteiger charge is -2.21. The molecule has 1 unspecified atom stereocenters. The largest absolute Gasteiger partial charge is 0.383 e. The molecule has 0 spiro atoms. The van der Waals surface area contributed by atoms with Crippen LogP contribution in [0.25, 0.3) is 0 Å².